The summed E-state index contributed by atoms with van der Waals surface area (Å²) < 4.78 is 0. The van der Waals surface area contributed by atoms with Crippen LogP contribution in [0.5, 0.6) is 0 Å². The number of ketones is 1. The maximum atomic E-state index is 13.4. The Bertz CT molecular complexity index is 662. The Hall–Kier alpha value is -1.64. The van der Waals surface area contributed by atoms with E-state index in [0.29, 0.717) is 17.6 Å². The molecule has 1 aromatic carbocycles. The van der Waals surface area contributed by atoms with Gasteiger partial charge in [0.05, 0.1) is 5.41 Å². The number of Topliss-reactive ketones (excluding diaryl/α,β-unsaturated/α-hetero) is 1. The van der Waals surface area contributed by atoms with Crippen LogP contribution < -0.4 is 4.90 Å². The van der Waals surface area contributed by atoms with Crippen LogP contribution >= 0.6 is 0 Å². The zero-order valence-corrected chi connectivity index (χ0v) is 12.8. The molecule has 1 heterocycles. The van der Waals surface area contributed by atoms with E-state index in [-0.39, 0.29) is 17.3 Å². The molecule has 4 fully saturated rings. The number of anilines is 1. The molecule has 22 heavy (non-hydrogen) atoms. The van der Waals surface area contributed by atoms with Crippen molar-refractivity contribution in [2.75, 3.05) is 11.4 Å². The van der Waals surface area contributed by atoms with Gasteiger partial charge in [-0.3, -0.25) is 9.59 Å². The monoisotopic (exact) mass is 295 g/mol. The van der Waals surface area contributed by atoms with Crippen molar-refractivity contribution in [2.45, 2.75) is 38.5 Å². The number of benzene rings is 1. The minimum absolute atomic E-state index is 0.174. The van der Waals surface area contributed by atoms with Gasteiger partial charge in [-0.15, -0.1) is 0 Å². The normalized spacial score (nSPS) is 38.5. The molecule has 0 N–H and O–H groups in total. The molecule has 2 unspecified atom stereocenters. The summed E-state index contributed by atoms with van der Waals surface area (Å²) in [6, 6.07) is 8.28. The Morgan fingerprint density at radius 2 is 1.82 bits per heavy atom. The summed E-state index contributed by atoms with van der Waals surface area (Å²) in [5.74, 6) is 1.73. The Kier molecular flexibility index (Phi) is 2.46. The van der Waals surface area contributed by atoms with Crippen molar-refractivity contribution in [3.05, 3.63) is 29.8 Å². The molecule has 1 amide bonds. The van der Waals surface area contributed by atoms with Gasteiger partial charge in [-0.2, -0.15) is 0 Å². The van der Waals surface area contributed by atoms with Gasteiger partial charge in [0.2, 0.25) is 5.91 Å². The average molecular weight is 295 g/mol. The zero-order valence-electron chi connectivity index (χ0n) is 12.8. The highest BCUT2D eigenvalue weighted by molar-refractivity contribution is 6.01. The first-order valence-electron chi connectivity index (χ1n) is 8.60. The summed E-state index contributed by atoms with van der Waals surface area (Å²) >= 11 is 0. The van der Waals surface area contributed by atoms with Crippen LogP contribution in [0, 0.1) is 23.2 Å². The summed E-state index contributed by atoms with van der Waals surface area (Å²) in [5.41, 5.74) is 2.16. The van der Waals surface area contributed by atoms with E-state index in [1.54, 1.807) is 0 Å². The van der Waals surface area contributed by atoms with Crippen LogP contribution in [0.2, 0.25) is 0 Å². The number of carbonyl (C=O) groups excluding carboxylic acids is 2. The minimum Gasteiger partial charge on any atom is -0.311 e. The molecule has 4 bridgehead atoms. The van der Waals surface area contributed by atoms with Gasteiger partial charge in [0.15, 0.2) is 0 Å². The predicted molar refractivity (Wildman–Crippen MR) is 83.5 cm³/mol. The minimum atomic E-state index is -0.234. The van der Waals surface area contributed by atoms with E-state index < -0.39 is 0 Å². The van der Waals surface area contributed by atoms with Crippen molar-refractivity contribution in [1.29, 1.82) is 0 Å². The standard InChI is InChI=1S/C19H21NO2/c21-17-14-7-12-8-15(17)11-19(9-12,10-14)18(22)20-6-5-13-3-1-2-4-16(13)20/h1-4,12,14-15H,5-11H2. The van der Waals surface area contributed by atoms with Gasteiger partial charge in [-0.1, -0.05) is 18.2 Å². The summed E-state index contributed by atoms with van der Waals surface area (Å²) in [7, 11) is 0. The lowest BCUT2D eigenvalue weighted by Crippen LogP contribution is -2.57. The van der Waals surface area contributed by atoms with Crippen LogP contribution in [-0.4, -0.2) is 18.2 Å². The van der Waals surface area contributed by atoms with Gasteiger partial charge in [0.25, 0.3) is 0 Å². The smallest absolute Gasteiger partial charge is 0.233 e. The second-order valence-electron chi connectivity index (χ2n) is 7.86. The first kappa shape index (κ1) is 12.9. The van der Waals surface area contributed by atoms with Crippen molar-refractivity contribution in [2.24, 2.45) is 23.2 Å². The molecule has 2 atom stereocenters. The van der Waals surface area contributed by atoms with Gasteiger partial charge in [-0.25, -0.2) is 0 Å². The third kappa shape index (κ3) is 1.57. The van der Waals surface area contributed by atoms with E-state index in [1.165, 1.54) is 5.56 Å². The van der Waals surface area contributed by atoms with E-state index >= 15 is 0 Å². The highest BCUT2D eigenvalue weighted by atomic mass is 16.2. The fraction of sp³-hybridized carbons (Fsp3) is 0.579. The fourth-order valence-corrected chi connectivity index (χ4v) is 5.84. The van der Waals surface area contributed by atoms with Crippen LogP contribution in [0.25, 0.3) is 0 Å². The summed E-state index contributed by atoms with van der Waals surface area (Å²) in [6.45, 7) is 0.813. The molecule has 5 aliphatic rings. The summed E-state index contributed by atoms with van der Waals surface area (Å²) in [6.07, 6.45) is 5.70. The van der Waals surface area contributed by atoms with E-state index in [1.807, 2.05) is 11.0 Å². The maximum Gasteiger partial charge on any atom is 0.233 e. The Morgan fingerprint density at radius 1 is 1.09 bits per heavy atom. The molecule has 1 aliphatic heterocycles. The molecule has 0 radical (unpaired) electrons. The molecule has 4 aliphatic carbocycles. The van der Waals surface area contributed by atoms with Crippen molar-refractivity contribution < 1.29 is 9.59 Å². The second-order valence-corrected chi connectivity index (χ2v) is 7.86. The zero-order chi connectivity index (χ0) is 14.9. The topological polar surface area (TPSA) is 37.4 Å². The van der Waals surface area contributed by atoms with Crippen molar-refractivity contribution >= 4 is 17.4 Å². The third-order valence-electron chi connectivity index (χ3n) is 6.58. The molecule has 0 spiro atoms. The van der Waals surface area contributed by atoms with Gasteiger partial charge in [-0.05, 0) is 56.1 Å². The first-order chi connectivity index (χ1) is 10.7. The van der Waals surface area contributed by atoms with Gasteiger partial charge < -0.3 is 4.90 Å². The number of para-hydroxylation sites is 1. The van der Waals surface area contributed by atoms with Crippen LogP contribution in [0.3, 0.4) is 0 Å². The SMILES string of the molecule is O=C1C2CC3CC1CC(C(=O)N1CCc4ccccc41)(C3)C2. The molecule has 1 aromatic rings. The van der Waals surface area contributed by atoms with E-state index in [9.17, 15) is 9.59 Å². The van der Waals surface area contributed by atoms with Crippen molar-refractivity contribution in [3.63, 3.8) is 0 Å². The Balaban J connectivity index is 1.51. The lowest BCUT2D eigenvalue weighted by atomic mass is 9.48. The average Bonchev–Trinajstić information content (AvgIpc) is 2.95. The quantitative estimate of drug-likeness (QED) is 0.799. The first-order valence-corrected chi connectivity index (χ1v) is 8.60. The number of nitrogens with zero attached hydrogens (tertiary/aromatic N) is 1. The highest BCUT2D eigenvalue weighted by Crippen LogP contribution is 2.59. The van der Waals surface area contributed by atoms with Crippen LogP contribution in [0.1, 0.15) is 37.7 Å². The fourth-order valence-electron chi connectivity index (χ4n) is 5.84. The van der Waals surface area contributed by atoms with Crippen LogP contribution in [0.4, 0.5) is 5.69 Å². The molecule has 114 valence electrons. The van der Waals surface area contributed by atoms with Crippen LogP contribution in [-0.2, 0) is 16.0 Å². The van der Waals surface area contributed by atoms with E-state index in [0.717, 1.165) is 50.8 Å². The molecule has 3 nitrogen and oxygen atoms in total. The molecule has 6 rings (SSSR count). The second kappa shape index (κ2) is 4.21. The van der Waals surface area contributed by atoms with E-state index in [4.69, 9.17) is 0 Å². The number of amides is 1. The molecule has 0 saturated heterocycles. The Morgan fingerprint density at radius 3 is 2.59 bits per heavy atom. The number of rotatable bonds is 1. The molecule has 0 aromatic heterocycles. The van der Waals surface area contributed by atoms with Gasteiger partial charge in [0, 0.05) is 24.1 Å². The molecular formula is C19H21NO2. The molecular weight excluding hydrogens is 274 g/mol. The number of carbonyl (C=O) groups is 2. The van der Waals surface area contributed by atoms with Crippen molar-refractivity contribution in [3.8, 4) is 0 Å². The number of hydrogen-bond donors (Lipinski definition) is 0. The molecule has 4 saturated carbocycles. The number of hydrogen-bond acceptors (Lipinski definition) is 2. The lowest BCUT2D eigenvalue weighted by Gasteiger charge is -2.55. The maximum absolute atomic E-state index is 13.4. The Labute approximate surface area is 130 Å². The van der Waals surface area contributed by atoms with Gasteiger partial charge >= 0.3 is 0 Å². The number of fused-ring (bicyclic) bond motifs is 1. The summed E-state index contributed by atoms with van der Waals surface area (Å²) in [4.78, 5) is 27.7. The van der Waals surface area contributed by atoms with Gasteiger partial charge in [0.1, 0.15) is 5.78 Å². The highest BCUT2D eigenvalue weighted by Gasteiger charge is 2.59. The summed E-state index contributed by atoms with van der Waals surface area (Å²) in [5, 5.41) is 0. The largest absolute Gasteiger partial charge is 0.311 e. The third-order valence-corrected chi connectivity index (χ3v) is 6.58. The van der Waals surface area contributed by atoms with Crippen molar-refractivity contribution in [1.82, 2.24) is 0 Å². The predicted octanol–water partition coefficient (Wildman–Crippen LogP) is 2.97. The van der Waals surface area contributed by atoms with Crippen LogP contribution in [0.15, 0.2) is 24.3 Å². The van der Waals surface area contributed by atoms with E-state index in [2.05, 4.69) is 18.2 Å². The molecule has 3 heteroatoms. The lowest BCUT2D eigenvalue weighted by molar-refractivity contribution is -0.155.